The highest BCUT2D eigenvalue weighted by molar-refractivity contribution is 4.90. The molecular weight excluding hydrogens is 180 g/mol. The lowest BCUT2D eigenvalue weighted by molar-refractivity contribution is 0.110. The Labute approximate surface area is 84.3 Å². The number of rotatable bonds is 7. The van der Waals surface area contributed by atoms with Crippen LogP contribution in [0.4, 0.5) is 0 Å². The van der Waals surface area contributed by atoms with E-state index in [0.717, 1.165) is 25.4 Å². The van der Waals surface area contributed by atoms with Crippen molar-refractivity contribution >= 4 is 0 Å². The van der Waals surface area contributed by atoms with E-state index in [0.29, 0.717) is 6.61 Å². The molecule has 5 heteroatoms. The van der Waals surface area contributed by atoms with Crippen molar-refractivity contribution in [2.24, 2.45) is 0 Å². The summed E-state index contributed by atoms with van der Waals surface area (Å²) in [6.45, 7) is 6.47. The van der Waals surface area contributed by atoms with Gasteiger partial charge < -0.3 is 10.1 Å². The van der Waals surface area contributed by atoms with E-state index >= 15 is 0 Å². The summed E-state index contributed by atoms with van der Waals surface area (Å²) < 4.78 is 5.47. The van der Waals surface area contributed by atoms with Crippen LogP contribution in [0.5, 0.6) is 0 Å². The number of aromatic amines is 1. The van der Waals surface area contributed by atoms with E-state index in [2.05, 4.69) is 34.3 Å². The van der Waals surface area contributed by atoms with Crippen LogP contribution < -0.4 is 5.32 Å². The highest BCUT2D eigenvalue weighted by Gasteiger charge is 2.12. The summed E-state index contributed by atoms with van der Waals surface area (Å²) in [5.41, 5.74) is 0. The maximum Gasteiger partial charge on any atom is 0.143 e. The molecule has 1 atom stereocenters. The zero-order valence-electron chi connectivity index (χ0n) is 8.79. The van der Waals surface area contributed by atoms with Crippen LogP contribution >= 0.6 is 0 Å². The molecule has 0 amide bonds. The molecule has 1 heterocycles. The normalized spacial score (nSPS) is 13.0. The van der Waals surface area contributed by atoms with Crippen molar-refractivity contribution in [3.63, 3.8) is 0 Å². The van der Waals surface area contributed by atoms with Crippen molar-refractivity contribution < 1.29 is 4.74 Å². The first-order chi connectivity index (χ1) is 6.88. The van der Waals surface area contributed by atoms with E-state index in [1.54, 1.807) is 0 Å². The number of nitrogens with zero attached hydrogens (tertiary/aromatic N) is 2. The van der Waals surface area contributed by atoms with E-state index < -0.39 is 0 Å². The summed E-state index contributed by atoms with van der Waals surface area (Å²) in [5, 5.41) is 9.95. The fourth-order valence-corrected chi connectivity index (χ4v) is 1.21. The van der Waals surface area contributed by atoms with Gasteiger partial charge in [0.25, 0.3) is 0 Å². The van der Waals surface area contributed by atoms with Crippen LogP contribution in [0.25, 0.3) is 0 Å². The molecule has 0 aliphatic carbocycles. The first-order valence-corrected chi connectivity index (χ1v) is 5.04. The van der Waals surface area contributed by atoms with Crippen LogP contribution in [0.1, 0.15) is 32.1 Å². The fraction of sp³-hybridized carbons (Fsp3) is 0.778. The Morgan fingerprint density at radius 3 is 3.00 bits per heavy atom. The molecule has 0 spiro atoms. The quantitative estimate of drug-likeness (QED) is 0.638. The first kappa shape index (κ1) is 11.1. The van der Waals surface area contributed by atoms with Crippen LogP contribution in [-0.2, 0) is 4.74 Å². The molecule has 0 aliphatic heterocycles. The van der Waals surface area contributed by atoms with Crippen molar-refractivity contribution in [3.8, 4) is 0 Å². The smallest absolute Gasteiger partial charge is 0.143 e. The van der Waals surface area contributed by atoms with Crippen LogP contribution in [0.3, 0.4) is 0 Å². The minimum atomic E-state index is 0.119. The molecule has 0 saturated carbocycles. The molecular formula is C9H18N4O. The second-order valence-electron chi connectivity index (χ2n) is 3.06. The molecule has 0 aromatic carbocycles. The summed E-state index contributed by atoms with van der Waals surface area (Å²) >= 11 is 0. The third kappa shape index (κ3) is 3.43. The Morgan fingerprint density at radius 2 is 2.43 bits per heavy atom. The molecule has 0 saturated heterocycles. The van der Waals surface area contributed by atoms with Crippen molar-refractivity contribution in [2.75, 3.05) is 19.8 Å². The lowest BCUT2D eigenvalue weighted by Gasteiger charge is -2.14. The minimum absolute atomic E-state index is 0.119. The second-order valence-corrected chi connectivity index (χ2v) is 3.06. The van der Waals surface area contributed by atoms with E-state index in [4.69, 9.17) is 4.74 Å². The number of H-pyrrole nitrogens is 1. The zero-order chi connectivity index (χ0) is 10.2. The predicted molar refractivity (Wildman–Crippen MR) is 53.9 cm³/mol. The number of nitrogens with one attached hydrogen (secondary N) is 2. The molecule has 1 unspecified atom stereocenters. The largest absolute Gasteiger partial charge is 0.379 e. The topological polar surface area (TPSA) is 62.8 Å². The monoisotopic (exact) mass is 198 g/mol. The number of hydrogen-bond acceptors (Lipinski definition) is 4. The van der Waals surface area contributed by atoms with E-state index in [1.807, 2.05) is 0 Å². The Morgan fingerprint density at radius 1 is 1.57 bits per heavy atom. The van der Waals surface area contributed by atoms with Crippen LogP contribution in [0.15, 0.2) is 6.33 Å². The molecule has 5 nitrogen and oxygen atoms in total. The zero-order valence-corrected chi connectivity index (χ0v) is 8.79. The van der Waals surface area contributed by atoms with Gasteiger partial charge in [-0.2, -0.15) is 5.10 Å². The van der Waals surface area contributed by atoms with E-state index in [1.165, 1.54) is 6.33 Å². The summed E-state index contributed by atoms with van der Waals surface area (Å²) in [7, 11) is 0. The molecule has 2 N–H and O–H groups in total. The number of hydrogen-bond donors (Lipinski definition) is 2. The SMILES string of the molecule is CCCOCC(NCC)c1ncn[nH]1. The first-order valence-electron chi connectivity index (χ1n) is 5.04. The molecule has 1 rings (SSSR count). The van der Waals surface area contributed by atoms with Gasteiger partial charge in [-0.1, -0.05) is 13.8 Å². The van der Waals surface area contributed by atoms with Crippen LogP contribution in [0, 0.1) is 0 Å². The highest BCUT2D eigenvalue weighted by atomic mass is 16.5. The van der Waals surface area contributed by atoms with Crippen LogP contribution in [-0.4, -0.2) is 34.9 Å². The van der Waals surface area contributed by atoms with Gasteiger partial charge in [-0.3, -0.25) is 5.10 Å². The molecule has 1 aromatic rings. The van der Waals surface area contributed by atoms with E-state index in [9.17, 15) is 0 Å². The van der Waals surface area contributed by atoms with E-state index in [-0.39, 0.29) is 6.04 Å². The molecule has 0 fully saturated rings. The van der Waals surface area contributed by atoms with Gasteiger partial charge in [0, 0.05) is 6.61 Å². The Kier molecular flexibility index (Phi) is 5.17. The minimum Gasteiger partial charge on any atom is -0.379 e. The van der Waals surface area contributed by atoms with Gasteiger partial charge in [-0.05, 0) is 13.0 Å². The number of aromatic nitrogens is 3. The van der Waals surface area contributed by atoms with Crippen molar-refractivity contribution in [1.82, 2.24) is 20.5 Å². The molecule has 0 bridgehead atoms. The average Bonchev–Trinajstić information content (AvgIpc) is 2.70. The summed E-state index contributed by atoms with van der Waals surface area (Å²) in [4.78, 5) is 4.10. The van der Waals surface area contributed by atoms with Crippen molar-refractivity contribution in [2.45, 2.75) is 26.3 Å². The van der Waals surface area contributed by atoms with Crippen molar-refractivity contribution in [1.29, 1.82) is 0 Å². The van der Waals surface area contributed by atoms with Crippen LogP contribution in [0.2, 0.25) is 0 Å². The van der Waals surface area contributed by atoms with Gasteiger partial charge in [-0.15, -0.1) is 0 Å². The number of ether oxygens (including phenoxy) is 1. The summed E-state index contributed by atoms with van der Waals surface area (Å²) in [5.74, 6) is 0.836. The maximum absolute atomic E-state index is 5.47. The predicted octanol–water partition coefficient (Wildman–Crippen LogP) is 0.882. The maximum atomic E-state index is 5.47. The second kappa shape index (κ2) is 6.50. The average molecular weight is 198 g/mol. The molecule has 80 valence electrons. The Bertz CT molecular complexity index is 225. The standard InChI is InChI=1S/C9H18N4O/c1-3-5-14-6-8(10-4-2)9-11-7-12-13-9/h7-8,10H,3-6H2,1-2H3,(H,11,12,13). The summed E-state index contributed by atoms with van der Waals surface area (Å²) in [6, 6.07) is 0.119. The third-order valence-electron chi connectivity index (χ3n) is 1.85. The van der Waals surface area contributed by atoms with Crippen molar-refractivity contribution in [3.05, 3.63) is 12.2 Å². The lowest BCUT2D eigenvalue weighted by atomic mass is 10.3. The summed E-state index contributed by atoms with van der Waals surface area (Å²) in [6.07, 6.45) is 2.55. The van der Waals surface area contributed by atoms with Gasteiger partial charge in [-0.25, -0.2) is 4.98 Å². The fourth-order valence-electron chi connectivity index (χ4n) is 1.21. The molecule has 0 radical (unpaired) electrons. The molecule has 0 aliphatic rings. The highest BCUT2D eigenvalue weighted by Crippen LogP contribution is 2.06. The number of likely N-dealkylation sites (N-methyl/N-ethyl adjacent to an activating group) is 1. The van der Waals surface area contributed by atoms with Gasteiger partial charge >= 0.3 is 0 Å². The van der Waals surface area contributed by atoms with Gasteiger partial charge in [0.2, 0.25) is 0 Å². The Balaban J connectivity index is 2.39. The Hall–Kier alpha value is -0.940. The molecule has 1 aromatic heterocycles. The van der Waals surface area contributed by atoms with Gasteiger partial charge in [0.15, 0.2) is 0 Å². The lowest BCUT2D eigenvalue weighted by Crippen LogP contribution is -2.26. The van der Waals surface area contributed by atoms with Gasteiger partial charge in [0.05, 0.1) is 12.6 Å². The third-order valence-corrected chi connectivity index (χ3v) is 1.85. The van der Waals surface area contributed by atoms with Gasteiger partial charge in [0.1, 0.15) is 12.2 Å². The molecule has 14 heavy (non-hydrogen) atoms.